The summed E-state index contributed by atoms with van der Waals surface area (Å²) in [5, 5.41) is 3.37. The molecule has 3 atom stereocenters. The lowest BCUT2D eigenvalue weighted by atomic mass is 10.0. The molecule has 2 heteroatoms. The van der Waals surface area contributed by atoms with Crippen molar-refractivity contribution >= 4 is 0 Å². The Hall–Kier alpha value is -0.860. The van der Waals surface area contributed by atoms with Gasteiger partial charge in [-0.1, -0.05) is 36.8 Å². The number of rotatable bonds is 4. The maximum Gasteiger partial charge on any atom is 0.0472 e. The first-order chi connectivity index (χ1) is 8.88. The van der Waals surface area contributed by atoms with E-state index in [-0.39, 0.29) is 0 Å². The molecule has 1 aliphatic carbocycles. The lowest BCUT2D eigenvalue weighted by molar-refractivity contribution is 0.224. The summed E-state index contributed by atoms with van der Waals surface area (Å²) >= 11 is 0. The van der Waals surface area contributed by atoms with Crippen LogP contribution in [0.4, 0.5) is 0 Å². The molecule has 1 aromatic carbocycles. The van der Waals surface area contributed by atoms with Crippen molar-refractivity contribution in [1.82, 2.24) is 10.2 Å². The molecule has 98 valence electrons. The van der Waals surface area contributed by atoms with E-state index < -0.39 is 0 Å². The van der Waals surface area contributed by atoms with E-state index in [0.717, 1.165) is 18.4 Å². The SMILES string of the molecule is CNCC(c1ccccc1)N1CC2CCCC2C1. The Bertz CT molecular complexity index is 364. The van der Waals surface area contributed by atoms with Crippen LogP contribution in [0.2, 0.25) is 0 Å². The van der Waals surface area contributed by atoms with Gasteiger partial charge >= 0.3 is 0 Å². The summed E-state index contributed by atoms with van der Waals surface area (Å²) in [5.74, 6) is 1.96. The van der Waals surface area contributed by atoms with E-state index in [9.17, 15) is 0 Å². The van der Waals surface area contributed by atoms with Crippen molar-refractivity contribution < 1.29 is 0 Å². The number of likely N-dealkylation sites (tertiary alicyclic amines) is 1. The smallest absolute Gasteiger partial charge is 0.0472 e. The van der Waals surface area contributed by atoms with Crippen LogP contribution in [0.5, 0.6) is 0 Å². The number of likely N-dealkylation sites (N-methyl/N-ethyl adjacent to an activating group) is 1. The second kappa shape index (κ2) is 5.41. The highest BCUT2D eigenvalue weighted by atomic mass is 15.2. The molecule has 0 radical (unpaired) electrons. The van der Waals surface area contributed by atoms with Crippen LogP contribution in [0.1, 0.15) is 30.9 Å². The first-order valence-electron chi connectivity index (χ1n) is 7.32. The fourth-order valence-corrected chi connectivity index (χ4v) is 3.85. The zero-order valence-electron chi connectivity index (χ0n) is 11.3. The topological polar surface area (TPSA) is 15.3 Å². The van der Waals surface area contributed by atoms with Crippen molar-refractivity contribution in [2.24, 2.45) is 11.8 Å². The van der Waals surface area contributed by atoms with E-state index in [0.29, 0.717) is 6.04 Å². The van der Waals surface area contributed by atoms with Gasteiger partial charge in [0.15, 0.2) is 0 Å². The summed E-state index contributed by atoms with van der Waals surface area (Å²) in [5.41, 5.74) is 1.46. The Balaban J connectivity index is 1.74. The lowest BCUT2D eigenvalue weighted by Gasteiger charge is -2.29. The number of nitrogens with zero attached hydrogens (tertiary/aromatic N) is 1. The van der Waals surface area contributed by atoms with E-state index in [4.69, 9.17) is 0 Å². The van der Waals surface area contributed by atoms with E-state index in [1.807, 2.05) is 0 Å². The molecule has 3 unspecified atom stereocenters. The molecule has 0 amide bonds. The van der Waals surface area contributed by atoms with Gasteiger partial charge in [-0.15, -0.1) is 0 Å². The largest absolute Gasteiger partial charge is 0.318 e. The van der Waals surface area contributed by atoms with Crippen molar-refractivity contribution in [3.63, 3.8) is 0 Å². The van der Waals surface area contributed by atoms with Crippen molar-refractivity contribution in [2.45, 2.75) is 25.3 Å². The zero-order chi connectivity index (χ0) is 12.4. The maximum absolute atomic E-state index is 3.37. The highest BCUT2D eigenvalue weighted by Gasteiger charge is 2.38. The van der Waals surface area contributed by atoms with Gasteiger partial charge in [-0.05, 0) is 37.3 Å². The zero-order valence-corrected chi connectivity index (χ0v) is 11.3. The minimum Gasteiger partial charge on any atom is -0.318 e. The summed E-state index contributed by atoms with van der Waals surface area (Å²) in [7, 11) is 2.06. The van der Waals surface area contributed by atoms with Gasteiger partial charge in [0.05, 0.1) is 0 Å². The summed E-state index contributed by atoms with van der Waals surface area (Å²) in [6, 6.07) is 11.5. The van der Waals surface area contributed by atoms with Crippen molar-refractivity contribution in [1.29, 1.82) is 0 Å². The van der Waals surface area contributed by atoms with Gasteiger partial charge in [0.2, 0.25) is 0 Å². The molecule has 2 nitrogen and oxygen atoms in total. The Morgan fingerprint density at radius 2 is 1.83 bits per heavy atom. The third-order valence-corrected chi connectivity index (χ3v) is 4.78. The third kappa shape index (κ3) is 2.32. The average Bonchev–Trinajstić information content (AvgIpc) is 2.97. The van der Waals surface area contributed by atoms with Crippen LogP contribution >= 0.6 is 0 Å². The average molecular weight is 244 g/mol. The Morgan fingerprint density at radius 1 is 1.17 bits per heavy atom. The van der Waals surface area contributed by atoms with Crippen LogP contribution in [0, 0.1) is 11.8 Å². The number of benzene rings is 1. The van der Waals surface area contributed by atoms with Crippen molar-refractivity contribution in [3.05, 3.63) is 35.9 Å². The standard InChI is InChI=1S/C16H24N2/c1-17-10-16(13-6-3-2-4-7-13)18-11-14-8-5-9-15(14)12-18/h2-4,6-7,14-17H,5,8-12H2,1H3. The molecule has 1 aliphatic heterocycles. The van der Waals surface area contributed by atoms with Crippen LogP contribution in [-0.2, 0) is 0 Å². The summed E-state index contributed by atoms with van der Waals surface area (Å²) in [4.78, 5) is 2.71. The Morgan fingerprint density at radius 3 is 2.44 bits per heavy atom. The fourth-order valence-electron chi connectivity index (χ4n) is 3.85. The van der Waals surface area contributed by atoms with Crippen LogP contribution in [0.25, 0.3) is 0 Å². The van der Waals surface area contributed by atoms with Crippen LogP contribution in [0.3, 0.4) is 0 Å². The fraction of sp³-hybridized carbons (Fsp3) is 0.625. The number of hydrogen-bond donors (Lipinski definition) is 1. The predicted molar refractivity (Wildman–Crippen MR) is 75.5 cm³/mol. The minimum atomic E-state index is 0.557. The second-order valence-electron chi connectivity index (χ2n) is 5.89. The molecule has 1 heterocycles. The number of hydrogen-bond acceptors (Lipinski definition) is 2. The molecule has 1 saturated heterocycles. The Kier molecular flexibility index (Phi) is 3.67. The number of fused-ring (bicyclic) bond motifs is 1. The molecule has 3 rings (SSSR count). The van der Waals surface area contributed by atoms with E-state index in [1.54, 1.807) is 0 Å². The Labute approximate surface area is 110 Å². The second-order valence-corrected chi connectivity index (χ2v) is 5.89. The van der Waals surface area contributed by atoms with E-state index in [2.05, 4.69) is 47.6 Å². The molecular formula is C16H24N2. The first kappa shape index (κ1) is 12.2. The number of nitrogens with one attached hydrogen (secondary N) is 1. The quantitative estimate of drug-likeness (QED) is 0.876. The summed E-state index contributed by atoms with van der Waals surface area (Å²) < 4.78 is 0. The van der Waals surface area contributed by atoms with Crippen LogP contribution < -0.4 is 5.32 Å². The van der Waals surface area contributed by atoms with Gasteiger partial charge in [0.1, 0.15) is 0 Å². The highest BCUT2D eigenvalue weighted by molar-refractivity contribution is 5.20. The normalized spacial score (nSPS) is 29.4. The van der Waals surface area contributed by atoms with Crippen LogP contribution in [0.15, 0.2) is 30.3 Å². The molecule has 1 N–H and O–H groups in total. The minimum absolute atomic E-state index is 0.557. The monoisotopic (exact) mass is 244 g/mol. The summed E-state index contributed by atoms with van der Waals surface area (Å²) in [6.45, 7) is 3.68. The summed E-state index contributed by atoms with van der Waals surface area (Å²) in [6.07, 6.45) is 4.38. The molecule has 0 bridgehead atoms. The van der Waals surface area contributed by atoms with E-state index >= 15 is 0 Å². The van der Waals surface area contributed by atoms with Gasteiger partial charge < -0.3 is 5.32 Å². The molecular weight excluding hydrogens is 220 g/mol. The molecule has 0 aromatic heterocycles. The molecule has 0 spiro atoms. The van der Waals surface area contributed by atoms with Gasteiger partial charge in [-0.25, -0.2) is 0 Å². The van der Waals surface area contributed by atoms with Crippen molar-refractivity contribution in [2.75, 3.05) is 26.7 Å². The lowest BCUT2D eigenvalue weighted by Crippen LogP contribution is -2.34. The van der Waals surface area contributed by atoms with E-state index in [1.165, 1.54) is 37.9 Å². The third-order valence-electron chi connectivity index (χ3n) is 4.78. The van der Waals surface area contributed by atoms with Crippen LogP contribution in [-0.4, -0.2) is 31.6 Å². The van der Waals surface area contributed by atoms with Gasteiger partial charge in [-0.3, -0.25) is 4.90 Å². The highest BCUT2D eigenvalue weighted by Crippen LogP contribution is 2.40. The predicted octanol–water partition coefficient (Wildman–Crippen LogP) is 2.68. The molecule has 2 fully saturated rings. The van der Waals surface area contributed by atoms with Gasteiger partial charge in [0.25, 0.3) is 0 Å². The maximum atomic E-state index is 3.37. The molecule has 18 heavy (non-hydrogen) atoms. The van der Waals surface area contributed by atoms with Crippen molar-refractivity contribution in [3.8, 4) is 0 Å². The van der Waals surface area contributed by atoms with Gasteiger partial charge in [-0.2, -0.15) is 0 Å². The molecule has 2 aliphatic rings. The van der Waals surface area contributed by atoms with Gasteiger partial charge in [0, 0.05) is 25.7 Å². The molecule has 1 saturated carbocycles. The first-order valence-corrected chi connectivity index (χ1v) is 7.32. The molecule has 1 aromatic rings.